The number of hydrogen-bond acceptors (Lipinski definition) is 4. The largest absolute Gasteiger partial charge is 0.395 e. The van der Waals surface area contributed by atoms with E-state index in [0.29, 0.717) is 17.9 Å². The van der Waals surface area contributed by atoms with Gasteiger partial charge in [-0.3, -0.25) is 10.7 Å². The van der Waals surface area contributed by atoms with Crippen LogP contribution in [0, 0.1) is 11.2 Å². The number of rotatable bonds is 7. The summed E-state index contributed by atoms with van der Waals surface area (Å²) in [7, 11) is 0. The van der Waals surface area contributed by atoms with Crippen molar-refractivity contribution in [2.24, 2.45) is 0 Å². The third kappa shape index (κ3) is 5.15. The Balaban J connectivity index is 1.55. The van der Waals surface area contributed by atoms with Gasteiger partial charge >= 0.3 is 0 Å². The molecule has 27 heavy (non-hydrogen) atoms. The lowest BCUT2D eigenvalue weighted by atomic mass is 10.0. The fourth-order valence-electron chi connectivity index (χ4n) is 2.66. The standard InChI is InChI=1S/C20H21FN4O2/c21-18-4-2-1-3-17(18)15-8-5-14(6-9-15)7-10-16-13-19(27-25-16)24-20(22)23-11-12-26/h1-6,8-9,13,26H,7,10-12H2,(H3,22,23,24). The zero-order valence-electron chi connectivity index (χ0n) is 14.7. The average Bonchev–Trinajstić information content (AvgIpc) is 3.13. The molecule has 7 heteroatoms. The van der Waals surface area contributed by atoms with Gasteiger partial charge in [-0.2, -0.15) is 0 Å². The first-order valence-corrected chi connectivity index (χ1v) is 8.65. The van der Waals surface area contributed by atoms with Crippen molar-refractivity contribution in [3.05, 3.63) is 71.7 Å². The van der Waals surface area contributed by atoms with E-state index >= 15 is 0 Å². The van der Waals surface area contributed by atoms with Crippen LogP contribution in [0.3, 0.4) is 0 Å². The second-order valence-corrected chi connectivity index (χ2v) is 6.01. The van der Waals surface area contributed by atoms with Gasteiger partial charge in [0.25, 0.3) is 0 Å². The second kappa shape index (κ2) is 8.95. The predicted molar refractivity (Wildman–Crippen MR) is 102 cm³/mol. The van der Waals surface area contributed by atoms with Gasteiger partial charge in [-0.1, -0.05) is 47.6 Å². The highest BCUT2D eigenvalue weighted by molar-refractivity contribution is 5.89. The van der Waals surface area contributed by atoms with Crippen LogP contribution in [0.2, 0.25) is 0 Å². The number of benzene rings is 2. The monoisotopic (exact) mass is 368 g/mol. The fourth-order valence-corrected chi connectivity index (χ4v) is 2.66. The molecule has 0 radical (unpaired) electrons. The van der Waals surface area contributed by atoms with E-state index in [1.54, 1.807) is 18.2 Å². The minimum absolute atomic E-state index is 0.0375. The van der Waals surface area contributed by atoms with Crippen molar-refractivity contribution in [2.45, 2.75) is 12.8 Å². The molecular formula is C20H21FN4O2. The molecule has 0 aliphatic rings. The SMILES string of the molecule is N=C(NCCO)Nc1cc(CCc2ccc(-c3ccccc3F)cc2)no1. The molecule has 2 aromatic carbocycles. The maximum absolute atomic E-state index is 13.9. The van der Waals surface area contributed by atoms with Crippen molar-refractivity contribution in [1.82, 2.24) is 10.5 Å². The first-order chi connectivity index (χ1) is 13.2. The minimum atomic E-state index is -0.230. The molecule has 1 aromatic heterocycles. The number of aliphatic hydroxyl groups excluding tert-OH is 1. The second-order valence-electron chi connectivity index (χ2n) is 6.01. The third-order valence-electron chi connectivity index (χ3n) is 4.03. The normalized spacial score (nSPS) is 10.6. The molecule has 3 rings (SSSR count). The Morgan fingerprint density at radius 2 is 1.89 bits per heavy atom. The maximum atomic E-state index is 13.9. The molecule has 4 N–H and O–H groups in total. The van der Waals surface area contributed by atoms with Crippen LogP contribution in [0.25, 0.3) is 11.1 Å². The molecular weight excluding hydrogens is 347 g/mol. The van der Waals surface area contributed by atoms with Gasteiger partial charge in [-0.15, -0.1) is 0 Å². The van der Waals surface area contributed by atoms with Gasteiger partial charge in [0.1, 0.15) is 5.82 Å². The van der Waals surface area contributed by atoms with Gasteiger partial charge in [0.05, 0.1) is 12.3 Å². The average molecular weight is 368 g/mol. The summed E-state index contributed by atoms with van der Waals surface area (Å²) in [6.45, 7) is 0.233. The number of nitrogens with zero attached hydrogens (tertiary/aromatic N) is 1. The van der Waals surface area contributed by atoms with Crippen LogP contribution >= 0.6 is 0 Å². The van der Waals surface area contributed by atoms with Crippen LogP contribution in [-0.4, -0.2) is 29.4 Å². The van der Waals surface area contributed by atoms with Crippen molar-refractivity contribution in [3.8, 4) is 11.1 Å². The number of aryl methyl sites for hydroxylation is 2. The summed E-state index contributed by atoms with van der Waals surface area (Å²) in [5.41, 5.74) is 3.32. The Morgan fingerprint density at radius 1 is 1.11 bits per heavy atom. The smallest absolute Gasteiger partial charge is 0.231 e. The first kappa shape index (κ1) is 18.6. The van der Waals surface area contributed by atoms with Gasteiger partial charge < -0.3 is 14.9 Å². The highest BCUT2D eigenvalue weighted by Gasteiger charge is 2.07. The molecule has 6 nitrogen and oxygen atoms in total. The van der Waals surface area contributed by atoms with Crippen molar-refractivity contribution >= 4 is 11.8 Å². The molecule has 1 heterocycles. The predicted octanol–water partition coefficient (Wildman–Crippen LogP) is 3.19. The number of aliphatic hydroxyl groups is 1. The number of anilines is 1. The van der Waals surface area contributed by atoms with Crippen molar-refractivity contribution in [3.63, 3.8) is 0 Å². The molecule has 0 spiro atoms. The highest BCUT2D eigenvalue weighted by Crippen LogP contribution is 2.23. The number of guanidine groups is 1. The van der Waals surface area contributed by atoms with Gasteiger partial charge in [0.2, 0.25) is 5.88 Å². The Hall–Kier alpha value is -3.19. The zero-order valence-corrected chi connectivity index (χ0v) is 14.7. The van der Waals surface area contributed by atoms with Crippen LogP contribution in [0.1, 0.15) is 11.3 Å². The lowest BCUT2D eigenvalue weighted by Gasteiger charge is -2.05. The van der Waals surface area contributed by atoms with E-state index in [1.165, 1.54) is 6.07 Å². The summed E-state index contributed by atoms with van der Waals surface area (Å²) in [5, 5.41) is 25.7. The molecule has 0 aliphatic heterocycles. The minimum Gasteiger partial charge on any atom is -0.395 e. The summed E-state index contributed by atoms with van der Waals surface area (Å²) in [6.07, 6.45) is 1.45. The van der Waals surface area contributed by atoms with Gasteiger partial charge in [0, 0.05) is 18.2 Å². The highest BCUT2D eigenvalue weighted by atomic mass is 19.1. The van der Waals surface area contributed by atoms with E-state index in [1.807, 2.05) is 30.3 Å². The molecule has 0 saturated carbocycles. The van der Waals surface area contributed by atoms with E-state index in [2.05, 4.69) is 15.8 Å². The Bertz CT molecular complexity index is 893. The molecule has 3 aromatic rings. The number of nitrogens with one attached hydrogen (secondary N) is 3. The van der Waals surface area contributed by atoms with E-state index < -0.39 is 0 Å². The third-order valence-corrected chi connectivity index (χ3v) is 4.03. The fraction of sp³-hybridized carbons (Fsp3) is 0.200. The van der Waals surface area contributed by atoms with Crippen LogP contribution in [0.5, 0.6) is 0 Å². The van der Waals surface area contributed by atoms with E-state index in [9.17, 15) is 4.39 Å². The van der Waals surface area contributed by atoms with Crippen LogP contribution in [0.4, 0.5) is 10.3 Å². The zero-order chi connectivity index (χ0) is 19.1. The van der Waals surface area contributed by atoms with Gasteiger partial charge in [-0.25, -0.2) is 4.39 Å². The molecule has 0 fully saturated rings. The van der Waals surface area contributed by atoms with Crippen LogP contribution in [0.15, 0.2) is 59.1 Å². The number of halogens is 1. The van der Waals surface area contributed by atoms with E-state index in [4.69, 9.17) is 15.0 Å². The summed E-state index contributed by atoms with van der Waals surface area (Å²) >= 11 is 0. The summed E-state index contributed by atoms with van der Waals surface area (Å²) < 4.78 is 19.0. The maximum Gasteiger partial charge on any atom is 0.231 e. The first-order valence-electron chi connectivity index (χ1n) is 8.65. The molecule has 0 unspecified atom stereocenters. The number of aromatic nitrogens is 1. The Morgan fingerprint density at radius 3 is 2.63 bits per heavy atom. The molecule has 140 valence electrons. The molecule has 0 aliphatic carbocycles. The Labute approximate surface area is 156 Å². The van der Waals surface area contributed by atoms with Gasteiger partial charge in [-0.05, 0) is 30.0 Å². The lowest BCUT2D eigenvalue weighted by Crippen LogP contribution is -2.31. The van der Waals surface area contributed by atoms with Crippen LogP contribution in [-0.2, 0) is 12.8 Å². The van der Waals surface area contributed by atoms with Crippen LogP contribution < -0.4 is 10.6 Å². The quantitative estimate of drug-likeness (QED) is 0.380. The lowest BCUT2D eigenvalue weighted by molar-refractivity contribution is 0.300. The summed E-state index contributed by atoms with van der Waals surface area (Å²) in [6, 6.07) is 16.3. The summed E-state index contributed by atoms with van der Waals surface area (Å²) in [4.78, 5) is 0. The van der Waals surface area contributed by atoms with E-state index in [0.717, 1.165) is 23.2 Å². The topological polar surface area (TPSA) is 94.2 Å². The van der Waals surface area contributed by atoms with Crippen molar-refractivity contribution < 1.29 is 14.0 Å². The molecule has 0 saturated heterocycles. The molecule has 0 atom stereocenters. The van der Waals surface area contributed by atoms with Crippen molar-refractivity contribution in [2.75, 3.05) is 18.5 Å². The number of hydrogen-bond donors (Lipinski definition) is 4. The summed E-state index contributed by atoms with van der Waals surface area (Å²) in [5.74, 6) is 0.178. The van der Waals surface area contributed by atoms with Gasteiger partial charge in [0.15, 0.2) is 5.96 Å². The van der Waals surface area contributed by atoms with E-state index in [-0.39, 0.29) is 24.9 Å². The Kier molecular flexibility index (Phi) is 6.17. The van der Waals surface area contributed by atoms with Crippen molar-refractivity contribution in [1.29, 1.82) is 5.41 Å². The molecule has 0 amide bonds. The molecule has 0 bridgehead atoms.